The summed E-state index contributed by atoms with van der Waals surface area (Å²) in [5.41, 5.74) is 5.59. The van der Waals surface area contributed by atoms with Gasteiger partial charge in [0.15, 0.2) is 6.61 Å². The number of halogens is 4. The van der Waals surface area contributed by atoms with Crippen molar-refractivity contribution in [2.45, 2.75) is 19.0 Å². The molecule has 2 rings (SSSR count). The van der Waals surface area contributed by atoms with Crippen LogP contribution in [-0.2, 0) is 4.79 Å². The minimum atomic E-state index is -4.45. The van der Waals surface area contributed by atoms with E-state index in [-0.39, 0.29) is 48.1 Å². The van der Waals surface area contributed by atoms with Gasteiger partial charge in [0.25, 0.3) is 5.91 Å². The Bertz CT molecular complexity index is 628. The average molecular weight is 411 g/mol. The molecule has 0 aromatic carbocycles. The number of hydrogen-bond acceptors (Lipinski definition) is 5. The van der Waals surface area contributed by atoms with Crippen LogP contribution in [0.1, 0.15) is 23.2 Å². The van der Waals surface area contributed by atoms with Crippen molar-refractivity contribution in [3.63, 3.8) is 0 Å². The highest BCUT2D eigenvalue weighted by molar-refractivity contribution is 5.94. The van der Waals surface area contributed by atoms with Gasteiger partial charge in [0, 0.05) is 38.4 Å². The molecule has 0 spiro atoms. The average Bonchev–Trinajstić information content (AvgIpc) is 2.63. The van der Waals surface area contributed by atoms with E-state index >= 15 is 0 Å². The molecular weight excluding hydrogens is 389 g/mol. The Kier molecular flexibility index (Phi) is 8.77. The Balaban J connectivity index is 0.00000364. The van der Waals surface area contributed by atoms with Gasteiger partial charge in [-0.3, -0.25) is 9.59 Å². The fraction of sp³-hybridized carbons (Fsp3) is 0.562. The zero-order valence-corrected chi connectivity index (χ0v) is 15.3. The van der Waals surface area contributed by atoms with E-state index in [0.717, 1.165) is 0 Å². The number of alkyl halides is 3. The highest BCUT2D eigenvalue weighted by Gasteiger charge is 2.30. The Labute approximate surface area is 160 Å². The molecule has 7 nitrogen and oxygen atoms in total. The molecule has 2 heterocycles. The third-order valence-electron chi connectivity index (χ3n) is 3.89. The number of amides is 2. The van der Waals surface area contributed by atoms with E-state index in [1.54, 1.807) is 4.90 Å². The zero-order chi connectivity index (χ0) is 19.2. The highest BCUT2D eigenvalue weighted by Crippen LogP contribution is 2.20. The predicted molar refractivity (Wildman–Crippen MR) is 93.7 cm³/mol. The fourth-order valence-corrected chi connectivity index (χ4v) is 2.65. The van der Waals surface area contributed by atoms with Crippen molar-refractivity contribution in [3.8, 4) is 5.88 Å². The van der Waals surface area contributed by atoms with Gasteiger partial charge in [-0.15, -0.1) is 12.4 Å². The van der Waals surface area contributed by atoms with Gasteiger partial charge in [-0.25, -0.2) is 4.98 Å². The van der Waals surface area contributed by atoms with Gasteiger partial charge in [0.2, 0.25) is 11.8 Å². The van der Waals surface area contributed by atoms with Crippen molar-refractivity contribution < 1.29 is 27.5 Å². The molecule has 0 aliphatic carbocycles. The van der Waals surface area contributed by atoms with E-state index in [4.69, 9.17) is 5.73 Å². The molecule has 1 aliphatic heterocycles. The van der Waals surface area contributed by atoms with Crippen LogP contribution in [0, 0.1) is 5.92 Å². The number of nitrogens with two attached hydrogens (primary N) is 1. The number of nitrogens with zero attached hydrogens (tertiary/aromatic N) is 2. The van der Waals surface area contributed by atoms with Crippen LogP contribution in [0.25, 0.3) is 0 Å². The molecule has 1 aromatic heterocycles. The lowest BCUT2D eigenvalue weighted by Crippen LogP contribution is -2.46. The molecule has 1 unspecified atom stereocenters. The van der Waals surface area contributed by atoms with E-state index in [1.165, 1.54) is 18.3 Å². The number of hydrogen-bond donors (Lipinski definition) is 2. The molecule has 11 heteroatoms. The van der Waals surface area contributed by atoms with Crippen molar-refractivity contribution in [1.82, 2.24) is 15.2 Å². The second-order valence-electron chi connectivity index (χ2n) is 5.96. The van der Waals surface area contributed by atoms with Crippen LogP contribution in [0.3, 0.4) is 0 Å². The summed E-state index contributed by atoms with van der Waals surface area (Å²) in [5, 5.41) is 2.71. The molecule has 3 N–H and O–H groups in total. The fourth-order valence-electron chi connectivity index (χ4n) is 2.65. The van der Waals surface area contributed by atoms with E-state index in [9.17, 15) is 22.8 Å². The van der Waals surface area contributed by atoms with Crippen molar-refractivity contribution >= 4 is 24.2 Å². The van der Waals surface area contributed by atoms with Gasteiger partial charge in [-0.2, -0.15) is 13.2 Å². The van der Waals surface area contributed by atoms with Crippen LogP contribution in [0.5, 0.6) is 5.88 Å². The maximum Gasteiger partial charge on any atom is 0.422 e. The smallest absolute Gasteiger partial charge is 0.422 e. The Morgan fingerprint density at radius 3 is 2.70 bits per heavy atom. The maximum absolute atomic E-state index is 12.5. The van der Waals surface area contributed by atoms with Crippen LogP contribution in [-0.4, -0.2) is 60.7 Å². The number of ether oxygens (including phenoxy) is 1. The summed E-state index contributed by atoms with van der Waals surface area (Å²) in [4.78, 5) is 29.8. The largest absolute Gasteiger partial charge is 0.468 e. The summed E-state index contributed by atoms with van der Waals surface area (Å²) in [6, 6.07) is 2.58. The SMILES string of the molecule is Cl.NCCNC(=O)C1CCCN(C(=O)c2ccc(OCC(F)(F)F)nc2)C1. The molecule has 1 aromatic rings. The Morgan fingerprint density at radius 1 is 1.37 bits per heavy atom. The van der Waals surface area contributed by atoms with Crippen molar-refractivity contribution in [2.24, 2.45) is 11.7 Å². The van der Waals surface area contributed by atoms with E-state index in [0.29, 0.717) is 32.5 Å². The number of nitrogens with one attached hydrogen (secondary N) is 1. The third-order valence-corrected chi connectivity index (χ3v) is 3.89. The summed E-state index contributed by atoms with van der Waals surface area (Å²) in [6.45, 7) is 0.0640. The van der Waals surface area contributed by atoms with Gasteiger partial charge in [0.05, 0.1) is 11.5 Å². The molecule has 1 aliphatic rings. The minimum absolute atomic E-state index is 0. The second-order valence-corrected chi connectivity index (χ2v) is 5.96. The number of piperidine rings is 1. The van der Waals surface area contributed by atoms with Crippen LogP contribution in [0.4, 0.5) is 13.2 Å². The molecule has 1 saturated heterocycles. The highest BCUT2D eigenvalue weighted by atomic mass is 35.5. The molecular formula is C16H22ClF3N4O3. The zero-order valence-electron chi connectivity index (χ0n) is 14.5. The lowest BCUT2D eigenvalue weighted by atomic mass is 9.96. The monoisotopic (exact) mass is 410 g/mol. The van der Waals surface area contributed by atoms with Crippen LogP contribution in [0.15, 0.2) is 18.3 Å². The van der Waals surface area contributed by atoms with Crippen molar-refractivity contribution in [1.29, 1.82) is 0 Å². The van der Waals surface area contributed by atoms with E-state index in [1.807, 2.05) is 0 Å². The Morgan fingerprint density at radius 2 is 2.11 bits per heavy atom. The number of carbonyl (C=O) groups is 2. The van der Waals surface area contributed by atoms with Gasteiger partial charge in [0.1, 0.15) is 0 Å². The summed E-state index contributed by atoms with van der Waals surface area (Å²) < 4.78 is 40.9. The first-order valence-corrected chi connectivity index (χ1v) is 8.23. The molecule has 152 valence electrons. The topological polar surface area (TPSA) is 97.6 Å². The summed E-state index contributed by atoms with van der Waals surface area (Å²) in [5.74, 6) is -0.976. The Hall–Kier alpha value is -2.07. The molecule has 2 amide bonds. The maximum atomic E-state index is 12.5. The predicted octanol–water partition coefficient (Wildman–Crippen LogP) is 1.37. The molecule has 1 fully saturated rings. The lowest BCUT2D eigenvalue weighted by molar-refractivity contribution is -0.154. The number of pyridine rings is 1. The molecule has 1 atom stereocenters. The van der Waals surface area contributed by atoms with Crippen molar-refractivity contribution in [3.05, 3.63) is 23.9 Å². The quantitative estimate of drug-likeness (QED) is 0.738. The lowest BCUT2D eigenvalue weighted by Gasteiger charge is -2.32. The molecule has 27 heavy (non-hydrogen) atoms. The number of carbonyl (C=O) groups excluding carboxylic acids is 2. The number of aromatic nitrogens is 1. The molecule has 0 radical (unpaired) electrons. The number of likely N-dealkylation sites (tertiary alicyclic amines) is 1. The van der Waals surface area contributed by atoms with Gasteiger partial charge in [-0.05, 0) is 18.9 Å². The van der Waals surface area contributed by atoms with E-state index < -0.39 is 12.8 Å². The van der Waals surface area contributed by atoms with E-state index in [2.05, 4.69) is 15.0 Å². The normalized spacial score (nSPS) is 17.0. The van der Waals surface area contributed by atoms with Crippen molar-refractivity contribution in [2.75, 3.05) is 32.8 Å². The molecule has 0 saturated carbocycles. The first-order chi connectivity index (χ1) is 12.3. The first kappa shape index (κ1) is 23.0. The van der Waals surface area contributed by atoms with Gasteiger partial charge >= 0.3 is 6.18 Å². The standard InChI is InChI=1S/C16H21F3N4O3.ClH/c17-16(18,19)10-26-13-4-3-11(8-22-13)15(25)23-7-1-2-12(9-23)14(24)21-6-5-20;/h3-4,8,12H,1-2,5-7,9-10,20H2,(H,21,24);1H. The number of rotatable bonds is 6. The summed E-state index contributed by atoms with van der Waals surface area (Å²) >= 11 is 0. The van der Waals surface area contributed by atoms with Gasteiger partial charge in [-0.1, -0.05) is 0 Å². The summed E-state index contributed by atoms with van der Waals surface area (Å²) in [7, 11) is 0. The third kappa shape index (κ3) is 7.22. The first-order valence-electron chi connectivity index (χ1n) is 8.23. The van der Waals surface area contributed by atoms with Crippen LogP contribution < -0.4 is 15.8 Å². The minimum Gasteiger partial charge on any atom is -0.468 e. The van der Waals surface area contributed by atoms with Crippen LogP contribution in [0.2, 0.25) is 0 Å². The van der Waals surface area contributed by atoms with Gasteiger partial charge < -0.3 is 20.7 Å². The van der Waals surface area contributed by atoms with Crippen LogP contribution >= 0.6 is 12.4 Å². The summed E-state index contributed by atoms with van der Waals surface area (Å²) in [6.07, 6.45) is -1.91. The second kappa shape index (κ2) is 10.3. The molecule has 0 bridgehead atoms.